The average Bonchev–Trinajstić information content (AvgIpc) is 3.48. The number of rotatable bonds is 3. The predicted molar refractivity (Wildman–Crippen MR) is 175 cm³/mol. The van der Waals surface area contributed by atoms with Crippen LogP contribution in [0.15, 0.2) is 84.9 Å². The Bertz CT molecular complexity index is 2090. The minimum atomic E-state index is -0.0953. The zero-order valence-corrected chi connectivity index (χ0v) is 25.5. The third-order valence-electron chi connectivity index (χ3n) is 8.40. The van der Waals surface area contributed by atoms with E-state index >= 15 is 0 Å². The van der Waals surface area contributed by atoms with Crippen LogP contribution < -0.4 is 0 Å². The van der Waals surface area contributed by atoms with Gasteiger partial charge in [0.1, 0.15) is 5.82 Å². The number of aryl methyl sites for hydroxylation is 1. The van der Waals surface area contributed by atoms with Gasteiger partial charge >= 0.3 is 0 Å². The van der Waals surface area contributed by atoms with Crippen molar-refractivity contribution in [2.45, 2.75) is 65.7 Å². The van der Waals surface area contributed by atoms with E-state index in [9.17, 15) is 0 Å². The van der Waals surface area contributed by atoms with Gasteiger partial charge in [0.05, 0.1) is 22.1 Å². The molecule has 210 valence electrons. The molecule has 0 aliphatic heterocycles. The van der Waals surface area contributed by atoms with Gasteiger partial charge in [-0.05, 0) is 46.2 Å². The van der Waals surface area contributed by atoms with Crippen LogP contribution >= 0.6 is 0 Å². The van der Waals surface area contributed by atoms with Crippen LogP contribution in [-0.4, -0.2) is 24.1 Å². The molecule has 0 spiro atoms. The van der Waals surface area contributed by atoms with Crippen LogP contribution in [0.5, 0.6) is 0 Å². The normalized spacial score (nSPS) is 12.7. The Hall–Kier alpha value is -4.51. The van der Waals surface area contributed by atoms with Crippen LogP contribution in [0.2, 0.25) is 0 Å². The third-order valence-corrected chi connectivity index (χ3v) is 8.40. The Morgan fingerprint density at radius 1 is 0.548 bits per heavy atom. The first kappa shape index (κ1) is 26.4. The minimum Gasteiger partial charge on any atom is -0.278 e. The molecule has 5 heteroatoms. The average molecular weight is 552 g/mol. The predicted octanol–water partition coefficient (Wildman–Crippen LogP) is 9.22. The largest absolute Gasteiger partial charge is 0.278 e. The second-order valence-electron chi connectivity index (χ2n) is 13.3. The standard InChI is InChI=1S/C37H37N5/c1-8-32-38-34(41-29-18-12-9-15-24(29)25-16-10-13-19-30(25)41)40-35(39-32)42-31-20-14-11-17-26(31)27-21-23(36(2,3)4)22-28(33(27)42)37(5,6)7/h9-22H,8H2,1-7H3. The van der Waals surface area contributed by atoms with Gasteiger partial charge in [-0.2, -0.15) is 15.0 Å². The van der Waals surface area contributed by atoms with Crippen LogP contribution in [-0.2, 0) is 17.3 Å². The molecule has 0 bridgehead atoms. The van der Waals surface area contributed by atoms with Gasteiger partial charge in [0.2, 0.25) is 11.9 Å². The van der Waals surface area contributed by atoms with E-state index in [1.54, 1.807) is 0 Å². The van der Waals surface area contributed by atoms with E-state index in [2.05, 4.69) is 143 Å². The number of nitrogens with zero attached hydrogens (tertiary/aromatic N) is 5. The Labute approximate surface area is 246 Å². The highest BCUT2D eigenvalue weighted by Crippen LogP contribution is 2.41. The molecule has 0 N–H and O–H groups in total. The van der Waals surface area contributed by atoms with Crippen molar-refractivity contribution < 1.29 is 0 Å². The molecule has 0 saturated carbocycles. The van der Waals surface area contributed by atoms with Gasteiger partial charge in [0, 0.05) is 28.0 Å². The van der Waals surface area contributed by atoms with E-state index < -0.39 is 0 Å². The fourth-order valence-electron chi connectivity index (χ4n) is 6.20. The summed E-state index contributed by atoms with van der Waals surface area (Å²) >= 11 is 0. The maximum Gasteiger partial charge on any atom is 0.239 e. The topological polar surface area (TPSA) is 48.5 Å². The molecule has 0 aliphatic rings. The van der Waals surface area contributed by atoms with Crippen LogP contribution in [0.4, 0.5) is 0 Å². The van der Waals surface area contributed by atoms with Gasteiger partial charge in [-0.25, -0.2) is 0 Å². The lowest BCUT2D eigenvalue weighted by molar-refractivity contribution is 0.571. The van der Waals surface area contributed by atoms with Crippen LogP contribution in [0.25, 0.3) is 55.5 Å². The van der Waals surface area contributed by atoms with Gasteiger partial charge in [-0.15, -0.1) is 0 Å². The lowest BCUT2D eigenvalue weighted by Gasteiger charge is -2.26. The summed E-state index contributed by atoms with van der Waals surface area (Å²) in [4.78, 5) is 15.4. The number of fused-ring (bicyclic) bond motifs is 6. The van der Waals surface area contributed by atoms with E-state index in [1.165, 1.54) is 32.7 Å². The highest BCUT2D eigenvalue weighted by Gasteiger charge is 2.27. The summed E-state index contributed by atoms with van der Waals surface area (Å²) in [5.74, 6) is 2.06. The van der Waals surface area contributed by atoms with E-state index in [1.807, 2.05) is 0 Å². The third kappa shape index (κ3) is 4.02. The first-order valence-corrected chi connectivity index (χ1v) is 14.9. The van der Waals surface area contributed by atoms with Crippen molar-refractivity contribution in [1.29, 1.82) is 0 Å². The Morgan fingerprint density at radius 2 is 1.02 bits per heavy atom. The monoisotopic (exact) mass is 551 g/mol. The highest BCUT2D eigenvalue weighted by atomic mass is 15.3. The number of benzene rings is 4. The molecule has 0 aliphatic carbocycles. The van der Waals surface area contributed by atoms with Gasteiger partial charge in [0.25, 0.3) is 0 Å². The van der Waals surface area contributed by atoms with Gasteiger partial charge in [-0.1, -0.05) is 109 Å². The van der Waals surface area contributed by atoms with Crippen molar-refractivity contribution in [1.82, 2.24) is 24.1 Å². The fraction of sp³-hybridized carbons (Fsp3) is 0.270. The Morgan fingerprint density at radius 3 is 1.52 bits per heavy atom. The molecule has 42 heavy (non-hydrogen) atoms. The highest BCUT2D eigenvalue weighted by molar-refractivity contribution is 6.11. The van der Waals surface area contributed by atoms with Crippen molar-refractivity contribution in [2.24, 2.45) is 0 Å². The smallest absolute Gasteiger partial charge is 0.239 e. The van der Waals surface area contributed by atoms with Gasteiger partial charge in [0.15, 0.2) is 0 Å². The molecular weight excluding hydrogens is 514 g/mol. The molecule has 0 atom stereocenters. The van der Waals surface area contributed by atoms with Crippen molar-refractivity contribution in [2.75, 3.05) is 0 Å². The molecule has 3 aromatic heterocycles. The quantitative estimate of drug-likeness (QED) is 0.220. The molecule has 0 fully saturated rings. The summed E-state index contributed by atoms with van der Waals surface area (Å²) in [6.45, 7) is 15.9. The zero-order valence-electron chi connectivity index (χ0n) is 25.5. The Balaban J connectivity index is 1.62. The molecule has 0 saturated heterocycles. The summed E-state index contributed by atoms with van der Waals surface area (Å²) in [5, 5.41) is 4.82. The number of aromatic nitrogens is 5. The molecular formula is C37H37N5. The van der Waals surface area contributed by atoms with Crippen LogP contribution in [0.3, 0.4) is 0 Å². The summed E-state index contributed by atoms with van der Waals surface area (Å²) in [5.41, 5.74) is 6.99. The first-order chi connectivity index (χ1) is 20.1. The van der Waals surface area contributed by atoms with E-state index in [-0.39, 0.29) is 10.8 Å². The fourth-order valence-corrected chi connectivity index (χ4v) is 6.20. The van der Waals surface area contributed by atoms with Crippen molar-refractivity contribution in [3.05, 3.63) is 102 Å². The van der Waals surface area contributed by atoms with Gasteiger partial charge in [-0.3, -0.25) is 9.13 Å². The number of hydrogen-bond donors (Lipinski definition) is 0. The molecule has 3 heterocycles. The van der Waals surface area contributed by atoms with Crippen molar-refractivity contribution >= 4 is 43.6 Å². The minimum absolute atomic E-state index is 0.0175. The number of para-hydroxylation sites is 3. The molecule has 0 radical (unpaired) electrons. The van der Waals surface area contributed by atoms with Crippen LogP contribution in [0, 0.1) is 0 Å². The van der Waals surface area contributed by atoms with E-state index in [4.69, 9.17) is 15.0 Å². The van der Waals surface area contributed by atoms with Gasteiger partial charge < -0.3 is 0 Å². The van der Waals surface area contributed by atoms with E-state index in [0.717, 1.165) is 27.9 Å². The molecule has 7 rings (SSSR count). The maximum absolute atomic E-state index is 5.26. The summed E-state index contributed by atoms with van der Waals surface area (Å²) in [7, 11) is 0. The van der Waals surface area contributed by atoms with E-state index in [0.29, 0.717) is 18.3 Å². The zero-order chi connectivity index (χ0) is 29.4. The summed E-state index contributed by atoms with van der Waals surface area (Å²) < 4.78 is 4.46. The Kier molecular flexibility index (Phi) is 5.81. The SMILES string of the molecule is CCc1nc(-n2c3ccccc3c3ccccc32)nc(-n2c3ccccc3c3cc(C(C)(C)C)cc(C(C)(C)C)c32)n1. The van der Waals surface area contributed by atoms with Crippen molar-refractivity contribution in [3.8, 4) is 11.9 Å². The molecule has 5 nitrogen and oxygen atoms in total. The van der Waals surface area contributed by atoms with Crippen molar-refractivity contribution in [3.63, 3.8) is 0 Å². The first-order valence-electron chi connectivity index (χ1n) is 14.9. The summed E-state index contributed by atoms with van der Waals surface area (Å²) in [6, 6.07) is 30.4. The van der Waals surface area contributed by atoms with Crippen LogP contribution in [0.1, 0.15) is 65.4 Å². The maximum atomic E-state index is 5.26. The second kappa shape index (κ2) is 9.25. The summed E-state index contributed by atoms with van der Waals surface area (Å²) in [6.07, 6.45) is 0.705. The molecule has 0 amide bonds. The molecule has 7 aromatic rings. The molecule has 4 aromatic carbocycles. The molecule has 0 unspecified atom stereocenters. The number of hydrogen-bond acceptors (Lipinski definition) is 3. The lowest BCUT2D eigenvalue weighted by Crippen LogP contribution is -2.18. The second-order valence-corrected chi connectivity index (χ2v) is 13.3. The lowest BCUT2D eigenvalue weighted by atomic mass is 9.79.